The summed E-state index contributed by atoms with van der Waals surface area (Å²) in [5.74, 6) is -0.940. The summed E-state index contributed by atoms with van der Waals surface area (Å²) in [4.78, 5) is 24.8. The van der Waals surface area contributed by atoms with E-state index in [4.69, 9.17) is 9.84 Å². The molecule has 0 aromatic heterocycles. The zero-order chi connectivity index (χ0) is 16.0. The van der Waals surface area contributed by atoms with Crippen LogP contribution in [0.3, 0.4) is 0 Å². The number of nitrogens with one attached hydrogen (secondary N) is 1. The Labute approximate surface area is 125 Å². The first-order valence-corrected chi connectivity index (χ1v) is 7.20. The van der Waals surface area contributed by atoms with Crippen LogP contribution < -0.4 is 5.32 Å². The molecule has 122 valence electrons. The van der Waals surface area contributed by atoms with Crippen molar-refractivity contribution >= 4 is 12.0 Å². The Morgan fingerprint density at radius 1 is 1.43 bits per heavy atom. The molecule has 1 aliphatic rings. The summed E-state index contributed by atoms with van der Waals surface area (Å²) in [5, 5.41) is 21.0. The minimum Gasteiger partial charge on any atom is -0.481 e. The number of hydrogen-bond acceptors (Lipinski definition) is 4. The number of urea groups is 1. The van der Waals surface area contributed by atoms with Gasteiger partial charge in [-0.1, -0.05) is 20.8 Å². The standard InChI is InChI=1S/C14H26N2O5/c1-14(2,3)7-10(6-12(18)19)15-13(20)16-4-5-21-9-11(16)8-17/h10-11,17H,4-9H2,1-3H3,(H,15,20)(H,18,19). The lowest BCUT2D eigenvalue weighted by Gasteiger charge is -2.36. The van der Waals surface area contributed by atoms with E-state index < -0.39 is 12.0 Å². The van der Waals surface area contributed by atoms with E-state index in [0.717, 1.165) is 0 Å². The van der Waals surface area contributed by atoms with Gasteiger partial charge in [-0.05, 0) is 11.8 Å². The molecular formula is C14H26N2O5. The van der Waals surface area contributed by atoms with E-state index in [1.54, 1.807) is 0 Å². The molecular weight excluding hydrogens is 276 g/mol. The molecule has 0 radical (unpaired) electrons. The maximum atomic E-state index is 12.3. The van der Waals surface area contributed by atoms with Gasteiger partial charge >= 0.3 is 12.0 Å². The maximum absolute atomic E-state index is 12.3. The Hall–Kier alpha value is -1.34. The summed E-state index contributed by atoms with van der Waals surface area (Å²) < 4.78 is 5.23. The highest BCUT2D eigenvalue weighted by atomic mass is 16.5. The molecule has 1 saturated heterocycles. The Balaban J connectivity index is 2.67. The van der Waals surface area contributed by atoms with Crippen LogP contribution in [0.1, 0.15) is 33.6 Å². The number of aliphatic hydroxyl groups is 1. The predicted molar refractivity (Wildman–Crippen MR) is 77.0 cm³/mol. The molecule has 1 rings (SSSR count). The number of nitrogens with zero attached hydrogens (tertiary/aromatic N) is 1. The van der Waals surface area contributed by atoms with E-state index in [2.05, 4.69) is 5.32 Å². The van der Waals surface area contributed by atoms with Gasteiger partial charge in [0.15, 0.2) is 0 Å². The van der Waals surface area contributed by atoms with Gasteiger partial charge in [0.05, 0.1) is 32.3 Å². The minimum atomic E-state index is -0.940. The van der Waals surface area contributed by atoms with Crippen molar-refractivity contribution in [1.82, 2.24) is 10.2 Å². The van der Waals surface area contributed by atoms with Crippen LogP contribution >= 0.6 is 0 Å². The third-order valence-corrected chi connectivity index (χ3v) is 3.31. The topological polar surface area (TPSA) is 99.1 Å². The van der Waals surface area contributed by atoms with E-state index in [-0.39, 0.29) is 30.5 Å². The normalized spacial score (nSPS) is 21.0. The van der Waals surface area contributed by atoms with E-state index in [1.165, 1.54) is 4.90 Å². The molecule has 21 heavy (non-hydrogen) atoms. The first-order valence-electron chi connectivity index (χ1n) is 7.20. The number of carboxylic acid groups (broad SMARTS) is 1. The second kappa shape index (κ2) is 7.61. The number of amides is 2. The summed E-state index contributed by atoms with van der Waals surface area (Å²) in [6.07, 6.45) is 0.455. The average Bonchev–Trinajstić information content (AvgIpc) is 2.35. The van der Waals surface area contributed by atoms with Gasteiger partial charge in [0.25, 0.3) is 0 Å². The second-order valence-electron chi connectivity index (χ2n) is 6.61. The van der Waals surface area contributed by atoms with Gasteiger partial charge in [0.2, 0.25) is 0 Å². The molecule has 0 bridgehead atoms. The number of aliphatic carboxylic acids is 1. The van der Waals surface area contributed by atoms with Crippen LogP contribution in [0.5, 0.6) is 0 Å². The van der Waals surface area contributed by atoms with Crippen LogP contribution in [0.4, 0.5) is 4.79 Å². The van der Waals surface area contributed by atoms with Gasteiger partial charge in [-0.2, -0.15) is 0 Å². The van der Waals surface area contributed by atoms with Crippen molar-refractivity contribution in [2.75, 3.05) is 26.4 Å². The van der Waals surface area contributed by atoms with Gasteiger partial charge in [0.1, 0.15) is 0 Å². The van der Waals surface area contributed by atoms with Gasteiger partial charge in [0, 0.05) is 12.6 Å². The number of carbonyl (C=O) groups is 2. The number of morpholine rings is 1. The molecule has 2 unspecified atom stereocenters. The first-order chi connectivity index (χ1) is 9.73. The van der Waals surface area contributed by atoms with Gasteiger partial charge in [-0.15, -0.1) is 0 Å². The Kier molecular flexibility index (Phi) is 6.42. The molecule has 3 N–H and O–H groups in total. The largest absolute Gasteiger partial charge is 0.481 e. The highest BCUT2D eigenvalue weighted by molar-refractivity contribution is 5.76. The molecule has 0 aromatic rings. The van der Waals surface area contributed by atoms with Crippen molar-refractivity contribution in [1.29, 1.82) is 0 Å². The minimum absolute atomic E-state index is 0.0885. The number of carboxylic acids is 1. The van der Waals surface area contributed by atoms with Crippen LogP contribution in [0.15, 0.2) is 0 Å². The summed E-state index contributed by atoms with van der Waals surface area (Å²) in [5.41, 5.74) is -0.0885. The Morgan fingerprint density at radius 3 is 2.62 bits per heavy atom. The van der Waals surface area contributed by atoms with E-state index in [9.17, 15) is 14.7 Å². The van der Waals surface area contributed by atoms with E-state index >= 15 is 0 Å². The van der Waals surface area contributed by atoms with Crippen molar-refractivity contribution in [2.24, 2.45) is 5.41 Å². The molecule has 0 saturated carbocycles. The molecule has 1 aliphatic heterocycles. The van der Waals surface area contributed by atoms with Gasteiger partial charge in [-0.3, -0.25) is 4.79 Å². The Morgan fingerprint density at radius 2 is 2.10 bits per heavy atom. The number of ether oxygens (including phenoxy) is 1. The van der Waals surface area contributed by atoms with Crippen LogP contribution in [-0.2, 0) is 9.53 Å². The third kappa shape index (κ3) is 6.31. The third-order valence-electron chi connectivity index (χ3n) is 3.31. The smallest absolute Gasteiger partial charge is 0.318 e. The maximum Gasteiger partial charge on any atom is 0.318 e. The van der Waals surface area contributed by atoms with Gasteiger partial charge < -0.3 is 25.2 Å². The zero-order valence-corrected chi connectivity index (χ0v) is 13.0. The van der Waals surface area contributed by atoms with E-state index in [1.807, 2.05) is 20.8 Å². The Bertz CT molecular complexity index is 367. The van der Waals surface area contributed by atoms with Crippen molar-refractivity contribution in [3.05, 3.63) is 0 Å². The molecule has 0 spiro atoms. The van der Waals surface area contributed by atoms with Crippen molar-refractivity contribution in [3.63, 3.8) is 0 Å². The molecule has 1 fully saturated rings. The molecule has 2 atom stereocenters. The number of aliphatic hydroxyl groups excluding tert-OH is 1. The highest BCUT2D eigenvalue weighted by Crippen LogP contribution is 2.22. The predicted octanol–water partition coefficient (Wildman–Crippen LogP) is 0.669. The summed E-state index contributed by atoms with van der Waals surface area (Å²) in [6.45, 7) is 6.94. The van der Waals surface area contributed by atoms with Crippen molar-refractivity contribution in [2.45, 2.75) is 45.7 Å². The lowest BCUT2D eigenvalue weighted by molar-refractivity contribution is -0.137. The average molecular weight is 302 g/mol. The van der Waals surface area contributed by atoms with Crippen molar-refractivity contribution < 1.29 is 24.5 Å². The molecule has 7 nitrogen and oxygen atoms in total. The molecule has 1 heterocycles. The lowest BCUT2D eigenvalue weighted by atomic mass is 9.87. The summed E-state index contributed by atoms with van der Waals surface area (Å²) in [6, 6.07) is -1.15. The van der Waals surface area contributed by atoms with Crippen molar-refractivity contribution in [3.8, 4) is 0 Å². The highest BCUT2D eigenvalue weighted by Gasteiger charge is 2.30. The first kappa shape index (κ1) is 17.7. The molecule has 0 aromatic carbocycles. The lowest BCUT2D eigenvalue weighted by Crippen LogP contribution is -2.56. The van der Waals surface area contributed by atoms with Gasteiger partial charge in [-0.25, -0.2) is 4.79 Å². The van der Waals surface area contributed by atoms with Crippen LogP contribution in [-0.4, -0.2) is 65.6 Å². The SMILES string of the molecule is CC(C)(C)CC(CC(=O)O)NC(=O)N1CCOCC1CO. The second-order valence-corrected chi connectivity index (χ2v) is 6.61. The molecule has 0 aliphatic carbocycles. The van der Waals surface area contributed by atoms with E-state index in [0.29, 0.717) is 26.2 Å². The number of carbonyl (C=O) groups excluding carboxylic acids is 1. The fourth-order valence-corrected chi connectivity index (χ4v) is 2.46. The molecule has 2 amide bonds. The molecule has 7 heteroatoms. The fraction of sp³-hybridized carbons (Fsp3) is 0.857. The zero-order valence-electron chi connectivity index (χ0n) is 13.0. The van der Waals surface area contributed by atoms with Crippen LogP contribution in [0, 0.1) is 5.41 Å². The monoisotopic (exact) mass is 302 g/mol. The number of rotatable bonds is 5. The quantitative estimate of drug-likeness (QED) is 0.693. The summed E-state index contributed by atoms with van der Waals surface area (Å²) in [7, 11) is 0. The van der Waals surface area contributed by atoms with Crippen LogP contribution in [0.2, 0.25) is 0 Å². The van der Waals surface area contributed by atoms with Crippen LogP contribution in [0.25, 0.3) is 0 Å². The summed E-state index contributed by atoms with van der Waals surface area (Å²) >= 11 is 0. The number of hydrogen-bond donors (Lipinski definition) is 3. The fourth-order valence-electron chi connectivity index (χ4n) is 2.46.